The van der Waals surface area contributed by atoms with Crippen molar-refractivity contribution in [2.24, 2.45) is 11.8 Å². The predicted molar refractivity (Wildman–Crippen MR) is 52.5 cm³/mol. The van der Waals surface area contributed by atoms with Crippen molar-refractivity contribution in [3.05, 3.63) is 34.3 Å². The molecule has 0 radical (unpaired) electrons. The molecule has 0 saturated heterocycles. The summed E-state index contributed by atoms with van der Waals surface area (Å²) in [6.45, 7) is 0. The first-order valence-electron chi connectivity index (χ1n) is 4.69. The molecule has 1 aromatic rings. The number of carboxylic acids is 1. The first-order chi connectivity index (χ1) is 6.68. The Morgan fingerprint density at radius 1 is 1.50 bits per heavy atom. The highest BCUT2D eigenvalue weighted by Gasteiger charge is 2.59. The fourth-order valence-electron chi connectivity index (χ4n) is 2.70. The van der Waals surface area contributed by atoms with Crippen molar-refractivity contribution < 1.29 is 9.90 Å². The molecule has 1 saturated carbocycles. The summed E-state index contributed by atoms with van der Waals surface area (Å²) < 4.78 is 0. The van der Waals surface area contributed by atoms with Crippen molar-refractivity contribution in [1.82, 2.24) is 0 Å². The second-order valence-electron chi connectivity index (χ2n) is 4.10. The van der Waals surface area contributed by atoms with Gasteiger partial charge >= 0.3 is 5.97 Å². The maximum absolute atomic E-state index is 10.8. The molecule has 3 rings (SSSR count). The fourth-order valence-corrected chi connectivity index (χ4v) is 2.89. The van der Waals surface area contributed by atoms with Crippen LogP contribution in [0.1, 0.15) is 17.0 Å². The Morgan fingerprint density at radius 2 is 2.29 bits per heavy atom. The van der Waals surface area contributed by atoms with Crippen molar-refractivity contribution in [3.63, 3.8) is 0 Å². The van der Waals surface area contributed by atoms with E-state index in [1.807, 2.05) is 18.2 Å². The van der Waals surface area contributed by atoms with Gasteiger partial charge in [0.25, 0.3) is 0 Å². The lowest BCUT2D eigenvalue weighted by Gasteiger charge is -2.04. The molecule has 1 aromatic carbocycles. The van der Waals surface area contributed by atoms with Crippen LogP contribution in [0.5, 0.6) is 0 Å². The van der Waals surface area contributed by atoms with E-state index in [0.29, 0.717) is 10.9 Å². The van der Waals surface area contributed by atoms with Crippen molar-refractivity contribution in [1.29, 1.82) is 0 Å². The van der Waals surface area contributed by atoms with Gasteiger partial charge in [0.15, 0.2) is 0 Å². The van der Waals surface area contributed by atoms with Gasteiger partial charge < -0.3 is 5.11 Å². The van der Waals surface area contributed by atoms with Crippen LogP contribution >= 0.6 is 11.6 Å². The SMILES string of the molecule is O=C(O)C1C2Cc3ccc(Cl)cc3C21. The smallest absolute Gasteiger partial charge is 0.307 e. The molecule has 0 aliphatic heterocycles. The molecule has 0 spiro atoms. The van der Waals surface area contributed by atoms with Gasteiger partial charge in [-0.15, -0.1) is 0 Å². The first-order valence-corrected chi connectivity index (χ1v) is 5.07. The topological polar surface area (TPSA) is 37.3 Å². The average molecular weight is 209 g/mol. The molecule has 2 aliphatic rings. The lowest BCUT2D eigenvalue weighted by Crippen LogP contribution is -2.04. The van der Waals surface area contributed by atoms with Gasteiger partial charge in [-0.3, -0.25) is 4.79 Å². The number of carbonyl (C=O) groups is 1. The molecule has 14 heavy (non-hydrogen) atoms. The third kappa shape index (κ3) is 0.947. The lowest BCUT2D eigenvalue weighted by atomic mass is 10.0. The number of fused-ring (bicyclic) bond motifs is 3. The van der Waals surface area contributed by atoms with E-state index in [9.17, 15) is 4.79 Å². The molecule has 2 nitrogen and oxygen atoms in total. The van der Waals surface area contributed by atoms with Crippen molar-refractivity contribution >= 4 is 17.6 Å². The Morgan fingerprint density at radius 3 is 3.00 bits per heavy atom. The van der Waals surface area contributed by atoms with Gasteiger partial charge in [0.05, 0.1) is 5.92 Å². The monoisotopic (exact) mass is 208 g/mol. The molecular weight excluding hydrogens is 200 g/mol. The number of rotatable bonds is 1. The van der Waals surface area contributed by atoms with Crippen LogP contribution in [0.25, 0.3) is 0 Å². The van der Waals surface area contributed by atoms with Gasteiger partial charge in [0.1, 0.15) is 0 Å². The Balaban J connectivity index is 2.01. The summed E-state index contributed by atoms with van der Waals surface area (Å²) in [4.78, 5) is 10.8. The highest BCUT2D eigenvalue weighted by molar-refractivity contribution is 6.30. The zero-order valence-electron chi connectivity index (χ0n) is 7.40. The van der Waals surface area contributed by atoms with E-state index >= 15 is 0 Å². The molecular formula is C11H9ClO2. The third-order valence-electron chi connectivity index (χ3n) is 3.38. The van der Waals surface area contributed by atoms with E-state index in [-0.39, 0.29) is 11.8 Å². The Hall–Kier alpha value is -1.02. The fraction of sp³-hybridized carbons (Fsp3) is 0.364. The zero-order valence-corrected chi connectivity index (χ0v) is 8.16. The number of benzene rings is 1. The van der Waals surface area contributed by atoms with Crippen LogP contribution in [-0.4, -0.2) is 11.1 Å². The Bertz CT molecular complexity index is 427. The van der Waals surface area contributed by atoms with Gasteiger partial charge in [-0.25, -0.2) is 0 Å². The van der Waals surface area contributed by atoms with Crippen molar-refractivity contribution in [2.45, 2.75) is 12.3 Å². The van der Waals surface area contributed by atoms with Crippen molar-refractivity contribution in [3.8, 4) is 0 Å². The van der Waals surface area contributed by atoms with Gasteiger partial charge in [-0.1, -0.05) is 17.7 Å². The molecule has 72 valence electrons. The molecule has 1 N–H and O–H groups in total. The second-order valence-corrected chi connectivity index (χ2v) is 4.54. The molecule has 2 aliphatic carbocycles. The van der Waals surface area contributed by atoms with Gasteiger partial charge in [-0.05, 0) is 35.6 Å². The maximum Gasteiger partial charge on any atom is 0.307 e. The summed E-state index contributed by atoms with van der Waals surface area (Å²) in [5.41, 5.74) is 2.44. The first kappa shape index (κ1) is 8.30. The van der Waals surface area contributed by atoms with E-state index in [0.717, 1.165) is 12.0 Å². The van der Waals surface area contributed by atoms with Crippen LogP contribution < -0.4 is 0 Å². The van der Waals surface area contributed by atoms with Crippen LogP contribution in [0.3, 0.4) is 0 Å². The van der Waals surface area contributed by atoms with E-state index in [1.54, 1.807) is 0 Å². The number of hydrogen-bond donors (Lipinski definition) is 1. The van der Waals surface area contributed by atoms with Gasteiger partial charge in [0, 0.05) is 10.9 Å². The molecule has 3 unspecified atom stereocenters. The van der Waals surface area contributed by atoms with E-state index in [1.165, 1.54) is 5.56 Å². The minimum Gasteiger partial charge on any atom is -0.481 e. The second kappa shape index (κ2) is 2.51. The van der Waals surface area contributed by atoms with Crippen LogP contribution in [0.2, 0.25) is 5.02 Å². The van der Waals surface area contributed by atoms with Crippen LogP contribution in [0, 0.1) is 11.8 Å². The highest BCUT2D eigenvalue weighted by Crippen LogP contribution is 2.61. The lowest BCUT2D eigenvalue weighted by molar-refractivity contribution is -0.139. The molecule has 0 amide bonds. The third-order valence-corrected chi connectivity index (χ3v) is 3.61. The molecule has 0 heterocycles. The highest BCUT2D eigenvalue weighted by atomic mass is 35.5. The summed E-state index contributed by atoms with van der Waals surface area (Å²) >= 11 is 5.89. The summed E-state index contributed by atoms with van der Waals surface area (Å²) in [6, 6.07) is 5.81. The van der Waals surface area contributed by atoms with Crippen LogP contribution in [-0.2, 0) is 11.2 Å². The molecule has 0 bridgehead atoms. The summed E-state index contributed by atoms with van der Waals surface area (Å²) in [5.74, 6) is -0.242. The average Bonchev–Trinajstić information content (AvgIpc) is 2.73. The van der Waals surface area contributed by atoms with Gasteiger partial charge in [0.2, 0.25) is 0 Å². The molecule has 0 aromatic heterocycles. The number of carboxylic acid groups (broad SMARTS) is 1. The Labute approximate surface area is 86.5 Å². The van der Waals surface area contributed by atoms with Gasteiger partial charge in [-0.2, -0.15) is 0 Å². The number of halogens is 1. The minimum absolute atomic E-state index is 0.152. The van der Waals surface area contributed by atoms with E-state index in [4.69, 9.17) is 16.7 Å². The minimum atomic E-state index is -0.661. The molecule has 3 heteroatoms. The largest absolute Gasteiger partial charge is 0.481 e. The summed E-state index contributed by atoms with van der Waals surface area (Å²) in [7, 11) is 0. The predicted octanol–water partition coefficient (Wildman–Crippen LogP) is 2.31. The van der Waals surface area contributed by atoms with Crippen LogP contribution in [0.4, 0.5) is 0 Å². The molecule has 3 atom stereocenters. The standard InChI is InChI=1S/C11H9ClO2/c12-6-2-1-5-3-8-9(7(5)4-6)10(8)11(13)14/h1-2,4,8-10H,3H2,(H,13,14). The quantitative estimate of drug-likeness (QED) is 0.769. The van der Waals surface area contributed by atoms with E-state index < -0.39 is 5.97 Å². The summed E-state index contributed by atoms with van der Waals surface area (Å²) in [6.07, 6.45) is 0.911. The Kier molecular flexibility index (Phi) is 1.49. The van der Waals surface area contributed by atoms with E-state index in [2.05, 4.69) is 0 Å². The zero-order chi connectivity index (χ0) is 9.87. The number of hydrogen-bond acceptors (Lipinski definition) is 1. The normalized spacial score (nSPS) is 32.2. The van der Waals surface area contributed by atoms with Crippen LogP contribution in [0.15, 0.2) is 18.2 Å². The maximum atomic E-state index is 10.8. The summed E-state index contributed by atoms with van der Waals surface area (Å²) in [5, 5.41) is 9.63. The number of aliphatic carboxylic acids is 1. The molecule has 1 fully saturated rings. The van der Waals surface area contributed by atoms with Crippen molar-refractivity contribution in [2.75, 3.05) is 0 Å².